The van der Waals surface area contributed by atoms with Gasteiger partial charge < -0.3 is 4.74 Å². The molecule has 0 saturated heterocycles. The van der Waals surface area contributed by atoms with E-state index in [4.69, 9.17) is 4.74 Å². The lowest BCUT2D eigenvalue weighted by Crippen LogP contribution is -2.33. The molecule has 0 spiro atoms. The maximum atomic E-state index is 5.34. The number of rotatable bonds is 1. The molecule has 3 aromatic carbocycles. The second-order valence-corrected chi connectivity index (χ2v) is 9.69. The van der Waals surface area contributed by atoms with Crippen molar-refractivity contribution in [1.82, 2.24) is 0 Å². The Morgan fingerprint density at radius 1 is 0.771 bits per heavy atom. The second kappa shape index (κ2) is 9.43. The Hall–Kier alpha value is -3.84. The number of fused-ring (bicyclic) bond motifs is 5. The van der Waals surface area contributed by atoms with E-state index in [0.717, 1.165) is 25.0 Å². The average Bonchev–Trinajstić information content (AvgIpc) is 2.93. The van der Waals surface area contributed by atoms with Crippen LogP contribution in [0.1, 0.15) is 54.4 Å². The summed E-state index contributed by atoms with van der Waals surface area (Å²) < 4.78 is 5.34. The van der Waals surface area contributed by atoms with Gasteiger partial charge in [-0.3, -0.25) is 0 Å². The highest BCUT2D eigenvalue weighted by Gasteiger charge is 2.21. The Balaban J connectivity index is 0.000000191. The fourth-order valence-corrected chi connectivity index (χ4v) is 5.51. The molecule has 172 valence electrons. The zero-order chi connectivity index (χ0) is 23.6. The molecule has 1 heteroatoms. The first-order chi connectivity index (χ1) is 17.3. The van der Waals surface area contributed by atoms with Crippen molar-refractivity contribution in [1.29, 1.82) is 0 Å². The SMILES string of the molecule is C1=Cc2ccccc2OC1.CC1=Cc2ccc3c(c2=CC1)=CCC1=C3C=CC(c2ccccc2)C1. The number of para-hydroxylation sites is 1. The molecule has 3 aliphatic carbocycles. The molecule has 1 aliphatic heterocycles. The Morgan fingerprint density at radius 2 is 1.60 bits per heavy atom. The van der Waals surface area contributed by atoms with Crippen LogP contribution in [0, 0.1) is 0 Å². The van der Waals surface area contributed by atoms with Crippen LogP contribution in [-0.2, 0) is 0 Å². The Labute approximate surface area is 207 Å². The van der Waals surface area contributed by atoms with Crippen molar-refractivity contribution in [2.24, 2.45) is 0 Å². The van der Waals surface area contributed by atoms with E-state index in [1.807, 2.05) is 30.3 Å². The largest absolute Gasteiger partial charge is 0.489 e. The van der Waals surface area contributed by atoms with Crippen molar-refractivity contribution < 1.29 is 4.74 Å². The molecule has 1 heterocycles. The topological polar surface area (TPSA) is 9.23 Å². The van der Waals surface area contributed by atoms with Gasteiger partial charge in [-0.2, -0.15) is 0 Å². The van der Waals surface area contributed by atoms with Crippen LogP contribution in [0.3, 0.4) is 0 Å². The summed E-state index contributed by atoms with van der Waals surface area (Å²) in [6.07, 6.45) is 19.4. The molecule has 0 amide bonds. The minimum absolute atomic E-state index is 0.518. The molecule has 0 saturated carbocycles. The molecule has 35 heavy (non-hydrogen) atoms. The predicted octanol–water partition coefficient (Wildman–Crippen LogP) is 7.05. The lowest BCUT2D eigenvalue weighted by Gasteiger charge is -2.26. The number of allylic oxidation sites excluding steroid dienone is 5. The second-order valence-electron chi connectivity index (χ2n) is 9.69. The zero-order valence-corrected chi connectivity index (χ0v) is 20.2. The molecular formula is C34H30O. The van der Waals surface area contributed by atoms with Crippen molar-refractivity contribution in [3.05, 3.63) is 129 Å². The van der Waals surface area contributed by atoms with E-state index in [-0.39, 0.29) is 0 Å². The van der Waals surface area contributed by atoms with Crippen LogP contribution in [0.4, 0.5) is 0 Å². The molecule has 0 N–H and O–H groups in total. The van der Waals surface area contributed by atoms with Gasteiger partial charge in [0, 0.05) is 11.5 Å². The van der Waals surface area contributed by atoms with Crippen LogP contribution in [0.15, 0.2) is 96.1 Å². The van der Waals surface area contributed by atoms with Gasteiger partial charge in [0.1, 0.15) is 12.4 Å². The van der Waals surface area contributed by atoms with Gasteiger partial charge in [0.25, 0.3) is 0 Å². The minimum Gasteiger partial charge on any atom is -0.489 e. The van der Waals surface area contributed by atoms with Gasteiger partial charge >= 0.3 is 0 Å². The van der Waals surface area contributed by atoms with Crippen LogP contribution < -0.4 is 15.2 Å². The normalized spacial score (nSPS) is 18.8. The molecule has 7 rings (SSSR count). The first-order valence-electron chi connectivity index (χ1n) is 12.6. The minimum atomic E-state index is 0.518. The molecule has 1 atom stereocenters. The first kappa shape index (κ1) is 21.7. The van der Waals surface area contributed by atoms with Gasteiger partial charge in [-0.25, -0.2) is 0 Å². The summed E-state index contributed by atoms with van der Waals surface area (Å²) in [7, 11) is 0. The highest BCUT2D eigenvalue weighted by molar-refractivity contribution is 5.83. The standard InChI is InChI=1S/C25H22.C9H8O/c1-17-7-11-22-20(15-17)9-13-25-23-12-8-19(18-5-3-2-4-6-18)16-21(23)10-14-24(22)25;1-2-6-9-8(4-1)5-3-7-10-9/h2-6,8-9,11-15,19H,7,10,16H2,1H3;1-6H,7H2. The van der Waals surface area contributed by atoms with E-state index in [1.54, 1.807) is 5.57 Å². The third kappa shape index (κ3) is 4.35. The number of ether oxygens (including phenoxy) is 1. The van der Waals surface area contributed by atoms with Gasteiger partial charge in [0.15, 0.2) is 0 Å². The highest BCUT2D eigenvalue weighted by Crippen LogP contribution is 2.37. The van der Waals surface area contributed by atoms with Crippen molar-refractivity contribution in [3.8, 4) is 5.75 Å². The smallest absolute Gasteiger partial charge is 0.126 e. The van der Waals surface area contributed by atoms with E-state index in [0.29, 0.717) is 12.5 Å². The summed E-state index contributed by atoms with van der Waals surface area (Å²) in [4.78, 5) is 0. The lowest BCUT2D eigenvalue weighted by atomic mass is 9.78. The van der Waals surface area contributed by atoms with Crippen LogP contribution in [0.25, 0.3) is 29.9 Å². The molecule has 0 bridgehead atoms. The third-order valence-corrected chi connectivity index (χ3v) is 7.32. The van der Waals surface area contributed by atoms with E-state index in [2.05, 4.69) is 85.8 Å². The first-order valence-corrected chi connectivity index (χ1v) is 12.6. The van der Waals surface area contributed by atoms with E-state index in [9.17, 15) is 0 Å². The Kier molecular flexibility index (Phi) is 5.84. The zero-order valence-electron chi connectivity index (χ0n) is 20.2. The van der Waals surface area contributed by atoms with Crippen molar-refractivity contribution in [2.45, 2.75) is 32.1 Å². The monoisotopic (exact) mass is 454 g/mol. The molecule has 0 radical (unpaired) electrons. The van der Waals surface area contributed by atoms with Crippen molar-refractivity contribution in [2.75, 3.05) is 6.61 Å². The number of hydrogen-bond donors (Lipinski definition) is 0. The lowest BCUT2D eigenvalue weighted by molar-refractivity contribution is 0.358. The number of hydrogen-bond acceptors (Lipinski definition) is 1. The molecule has 0 aromatic heterocycles. The molecule has 1 unspecified atom stereocenters. The van der Waals surface area contributed by atoms with E-state index in [1.165, 1.54) is 43.8 Å². The molecule has 3 aromatic rings. The van der Waals surface area contributed by atoms with Crippen LogP contribution in [0.5, 0.6) is 5.75 Å². The van der Waals surface area contributed by atoms with E-state index >= 15 is 0 Å². The van der Waals surface area contributed by atoms with Gasteiger partial charge in [-0.1, -0.05) is 108 Å². The van der Waals surface area contributed by atoms with E-state index < -0.39 is 0 Å². The van der Waals surface area contributed by atoms with Crippen molar-refractivity contribution >= 4 is 29.9 Å². The van der Waals surface area contributed by atoms with Gasteiger partial charge in [0.2, 0.25) is 0 Å². The average molecular weight is 455 g/mol. The van der Waals surface area contributed by atoms with Gasteiger partial charge in [-0.05, 0) is 71.0 Å². The highest BCUT2D eigenvalue weighted by atomic mass is 16.5. The predicted molar refractivity (Wildman–Crippen MR) is 148 cm³/mol. The van der Waals surface area contributed by atoms with Crippen LogP contribution >= 0.6 is 0 Å². The third-order valence-electron chi connectivity index (χ3n) is 7.32. The summed E-state index contributed by atoms with van der Waals surface area (Å²) in [5.41, 5.74) is 9.91. The summed E-state index contributed by atoms with van der Waals surface area (Å²) in [5, 5.41) is 2.89. The quantitative estimate of drug-likeness (QED) is 0.383. The Bertz CT molecular complexity index is 1510. The number of benzene rings is 3. The van der Waals surface area contributed by atoms with Crippen molar-refractivity contribution in [3.63, 3.8) is 0 Å². The molecule has 0 fully saturated rings. The fraction of sp³-hybridized carbons (Fsp3) is 0.176. The summed E-state index contributed by atoms with van der Waals surface area (Å²) in [6.45, 7) is 2.92. The molecule has 4 aliphatic rings. The maximum absolute atomic E-state index is 5.34. The molecular weight excluding hydrogens is 424 g/mol. The summed E-state index contributed by atoms with van der Waals surface area (Å²) in [5.74, 6) is 1.51. The fourth-order valence-electron chi connectivity index (χ4n) is 5.51. The maximum Gasteiger partial charge on any atom is 0.126 e. The van der Waals surface area contributed by atoms with Crippen LogP contribution in [-0.4, -0.2) is 6.61 Å². The van der Waals surface area contributed by atoms with Gasteiger partial charge in [-0.15, -0.1) is 0 Å². The summed E-state index contributed by atoms with van der Waals surface area (Å²) in [6, 6.07) is 23.5. The van der Waals surface area contributed by atoms with Gasteiger partial charge in [0.05, 0.1) is 0 Å². The Morgan fingerprint density at radius 3 is 2.49 bits per heavy atom. The summed E-state index contributed by atoms with van der Waals surface area (Å²) >= 11 is 0. The van der Waals surface area contributed by atoms with Crippen LogP contribution in [0.2, 0.25) is 0 Å². The molecule has 1 nitrogen and oxygen atoms in total.